The van der Waals surface area contributed by atoms with Gasteiger partial charge in [0.2, 0.25) is 11.7 Å². The number of furan rings is 1. The van der Waals surface area contributed by atoms with Gasteiger partial charge in [0.15, 0.2) is 5.76 Å². The number of anilines is 1. The van der Waals surface area contributed by atoms with Crippen LogP contribution in [0.3, 0.4) is 0 Å². The van der Waals surface area contributed by atoms with Crippen molar-refractivity contribution in [2.24, 2.45) is 0 Å². The van der Waals surface area contributed by atoms with Gasteiger partial charge < -0.3 is 15.1 Å². The maximum absolute atomic E-state index is 12.4. The predicted molar refractivity (Wildman–Crippen MR) is 93.3 cm³/mol. The van der Waals surface area contributed by atoms with E-state index in [9.17, 15) is 9.59 Å². The third-order valence-corrected chi connectivity index (χ3v) is 4.18. The van der Waals surface area contributed by atoms with Gasteiger partial charge in [0.25, 0.3) is 5.91 Å². The van der Waals surface area contributed by atoms with E-state index in [0.29, 0.717) is 29.4 Å². The highest BCUT2D eigenvalue weighted by Gasteiger charge is 2.15. The van der Waals surface area contributed by atoms with Gasteiger partial charge >= 0.3 is 0 Å². The molecule has 0 fully saturated rings. The van der Waals surface area contributed by atoms with Gasteiger partial charge in [-0.1, -0.05) is 0 Å². The number of nitrogens with one attached hydrogen (secondary N) is 3. The van der Waals surface area contributed by atoms with Crippen LogP contribution in [0.2, 0.25) is 0 Å². The Morgan fingerprint density at radius 3 is 3.04 bits per heavy atom. The van der Waals surface area contributed by atoms with Gasteiger partial charge in [-0.05, 0) is 48.7 Å². The van der Waals surface area contributed by atoms with Crippen LogP contribution < -0.4 is 10.6 Å². The second-order valence-electron chi connectivity index (χ2n) is 6.04. The van der Waals surface area contributed by atoms with E-state index >= 15 is 0 Å². The highest BCUT2D eigenvalue weighted by molar-refractivity contribution is 5.97. The second kappa shape index (κ2) is 6.83. The normalized spacial score (nSPS) is 13.6. The van der Waals surface area contributed by atoms with E-state index < -0.39 is 0 Å². The number of aromatic amines is 1. The number of carbonyl (C=O) groups excluding carboxylic acids is 2. The van der Waals surface area contributed by atoms with Crippen LogP contribution in [-0.2, 0) is 17.8 Å². The van der Waals surface area contributed by atoms with E-state index in [0.717, 1.165) is 24.1 Å². The van der Waals surface area contributed by atoms with Crippen LogP contribution in [-0.4, -0.2) is 27.0 Å². The summed E-state index contributed by atoms with van der Waals surface area (Å²) in [6.07, 6.45) is 3.59. The molecule has 3 N–H and O–H groups in total. The second-order valence-corrected chi connectivity index (χ2v) is 6.04. The minimum atomic E-state index is -0.209. The molecule has 0 atom stereocenters. The van der Waals surface area contributed by atoms with Crippen molar-refractivity contribution < 1.29 is 14.0 Å². The summed E-state index contributed by atoms with van der Waals surface area (Å²) in [6, 6.07) is 8.82. The molecule has 8 heteroatoms. The summed E-state index contributed by atoms with van der Waals surface area (Å²) < 4.78 is 5.24. The van der Waals surface area contributed by atoms with Crippen LogP contribution in [0.4, 0.5) is 5.69 Å². The van der Waals surface area contributed by atoms with Crippen molar-refractivity contribution in [1.29, 1.82) is 0 Å². The molecule has 2 aromatic heterocycles. The van der Waals surface area contributed by atoms with Crippen molar-refractivity contribution in [3.63, 3.8) is 0 Å². The SMILES string of the molecule is O=C1CCCc2cc(C(=O)NCc3nc(-c4ccco4)n[nH]3)ccc2N1. The lowest BCUT2D eigenvalue weighted by atomic mass is 10.0. The van der Waals surface area contributed by atoms with Gasteiger partial charge in [-0.2, -0.15) is 0 Å². The number of nitrogens with zero attached hydrogens (tertiary/aromatic N) is 2. The number of rotatable bonds is 4. The smallest absolute Gasteiger partial charge is 0.251 e. The minimum absolute atomic E-state index is 0.0126. The Kier molecular flexibility index (Phi) is 4.22. The van der Waals surface area contributed by atoms with Crippen LogP contribution in [0.15, 0.2) is 41.0 Å². The molecule has 4 rings (SSSR count). The molecule has 1 aliphatic heterocycles. The molecule has 0 saturated carbocycles. The minimum Gasteiger partial charge on any atom is -0.461 e. The summed E-state index contributed by atoms with van der Waals surface area (Å²) in [5.74, 6) is 1.34. The third kappa shape index (κ3) is 3.34. The molecule has 0 aliphatic carbocycles. The fraction of sp³-hybridized carbons (Fsp3) is 0.222. The first-order valence-electron chi connectivity index (χ1n) is 8.35. The lowest BCUT2D eigenvalue weighted by Gasteiger charge is -2.09. The molecule has 0 spiro atoms. The number of fused-ring (bicyclic) bond motifs is 1. The van der Waals surface area contributed by atoms with Crippen LogP contribution in [0.5, 0.6) is 0 Å². The van der Waals surface area contributed by atoms with Gasteiger partial charge in [0, 0.05) is 17.7 Å². The number of amides is 2. The Morgan fingerprint density at radius 2 is 2.19 bits per heavy atom. The van der Waals surface area contributed by atoms with E-state index in [2.05, 4.69) is 25.8 Å². The van der Waals surface area contributed by atoms with Crippen molar-refractivity contribution in [3.05, 3.63) is 53.5 Å². The molecule has 3 heterocycles. The number of H-pyrrole nitrogens is 1. The van der Waals surface area contributed by atoms with E-state index in [1.807, 2.05) is 6.07 Å². The molecule has 26 heavy (non-hydrogen) atoms. The Bertz CT molecular complexity index is 946. The summed E-state index contributed by atoms with van der Waals surface area (Å²) in [5, 5.41) is 12.5. The topological polar surface area (TPSA) is 113 Å². The first-order chi connectivity index (χ1) is 12.7. The quantitative estimate of drug-likeness (QED) is 0.667. The van der Waals surface area contributed by atoms with Crippen molar-refractivity contribution in [3.8, 4) is 11.6 Å². The fourth-order valence-electron chi connectivity index (χ4n) is 2.87. The summed E-state index contributed by atoms with van der Waals surface area (Å²) in [6.45, 7) is 0.223. The standard InChI is InChI=1S/C18H17N5O3/c24-16-5-1-3-11-9-12(6-7-13(11)20-16)18(25)19-10-15-21-17(23-22-15)14-4-2-8-26-14/h2,4,6-9H,1,3,5,10H2,(H,19,25)(H,20,24)(H,21,22,23). The Hall–Kier alpha value is -3.42. The lowest BCUT2D eigenvalue weighted by Crippen LogP contribution is -2.23. The first-order valence-corrected chi connectivity index (χ1v) is 8.35. The molecule has 3 aromatic rings. The highest BCUT2D eigenvalue weighted by Crippen LogP contribution is 2.23. The predicted octanol–water partition coefficient (Wildman–Crippen LogP) is 2.27. The van der Waals surface area contributed by atoms with E-state index in [1.54, 1.807) is 30.5 Å². The van der Waals surface area contributed by atoms with Crippen LogP contribution in [0, 0.1) is 0 Å². The maximum Gasteiger partial charge on any atom is 0.251 e. The summed E-state index contributed by atoms with van der Waals surface area (Å²) in [4.78, 5) is 28.3. The number of benzene rings is 1. The molecule has 2 amide bonds. The molecule has 0 bridgehead atoms. The largest absolute Gasteiger partial charge is 0.461 e. The van der Waals surface area contributed by atoms with Gasteiger partial charge in [0.05, 0.1) is 12.8 Å². The molecule has 1 aromatic carbocycles. The molecule has 0 saturated heterocycles. The molecule has 0 unspecified atom stereocenters. The molecular weight excluding hydrogens is 334 g/mol. The molecule has 0 radical (unpaired) electrons. The number of aryl methyl sites for hydroxylation is 1. The third-order valence-electron chi connectivity index (χ3n) is 4.18. The van der Waals surface area contributed by atoms with Crippen LogP contribution >= 0.6 is 0 Å². The average molecular weight is 351 g/mol. The molecule has 1 aliphatic rings. The zero-order valence-electron chi connectivity index (χ0n) is 13.9. The van der Waals surface area contributed by atoms with Gasteiger partial charge in [-0.25, -0.2) is 4.98 Å². The number of carbonyl (C=O) groups is 2. The summed E-state index contributed by atoms with van der Waals surface area (Å²) in [5.41, 5.74) is 2.30. The lowest BCUT2D eigenvalue weighted by molar-refractivity contribution is -0.116. The van der Waals surface area contributed by atoms with Crippen LogP contribution in [0.25, 0.3) is 11.6 Å². The Balaban J connectivity index is 1.42. The summed E-state index contributed by atoms with van der Waals surface area (Å²) in [7, 11) is 0. The monoisotopic (exact) mass is 351 g/mol. The Labute approximate surface area is 149 Å². The van der Waals surface area contributed by atoms with Crippen molar-refractivity contribution in [2.45, 2.75) is 25.8 Å². The maximum atomic E-state index is 12.4. The highest BCUT2D eigenvalue weighted by atomic mass is 16.3. The van der Waals surface area contributed by atoms with Crippen molar-refractivity contribution in [1.82, 2.24) is 20.5 Å². The molecule has 8 nitrogen and oxygen atoms in total. The zero-order valence-corrected chi connectivity index (χ0v) is 13.9. The zero-order chi connectivity index (χ0) is 17.9. The number of aromatic nitrogens is 3. The summed E-state index contributed by atoms with van der Waals surface area (Å²) >= 11 is 0. The first kappa shape index (κ1) is 16.1. The fourth-order valence-corrected chi connectivity index (χ4v) is 2.87. The van der Waals surface area contributed by atoms with Crippen molar-refractivity contribution in [2.75, 3.05) is 5.32 Å². The number of hydrogen-bond acceptors (Lipinski definition) is 5. The van der Waals surface area contributed by atoms with Gasteiger partial charge in [0.1, 0.15) is 5.82 Å². The van der Waals surface area contributed by atoms with Gasteiger partial charge in [-0.3, -0.25) is 14.7 Å². The van der Waals surface area contributed by atoms with Crippen molar-refractivity contribution >= 4 is 17.5 Å². The van der Waals surface area contributed by atoms with E-state index in [4.69, 9.17) is 4.42 Å². The molecule has 132 valence electrons. The number of hydrogen-bond donors (Lipinski definition) is 3. The van der Waals surface area contributed by atoms with Gasteiger partial charge in [-0.15, -0.1) is 5.10 Å². The van der Waals surface area contributed by atoms with Crippen LogP contribution in [0.1, 0.15) is 34.6 Å². The van der Waals surface area contributed by atoms with E-state index in [-0.39, 0.29) is 18.4 Å². The average Bonchev–Trinajstić information content (AvgIpc) is 3.29. The van der Waals surface area contributed by atoms with E-state index in [1.165, 1.54) is 0 Å². The Morgan fingerprint density at radius 1 is 1.27 bits per heavy atom. The molecular formula is C18H17N5O3.